The van der Waals surface area contributed by atoms with Crippen molar-refractivity contribution in [3.8, 4) is 0 Å². The number of amides is 1. The van der Waals surface area contributed by atoms with Gasteiger partial charge in [0.25, 0.3) is 5.91 Å². The zero-order valence-electron chi connectivity index (χ0n) is 12.9. The van der Waals surface area contributed by atoms with Crippen molar-refractivity contribution in [3.05, 3.63) is 23.5 Å². The van der Waals surface area contributed by atoms with E-state index in [1.165, 1.54) is 12.8 Å². The predicted molar refractivity (Wildman–Crippen MR) is 81.9 cm³/mol. The molecule has 0 spiro atoms. The van der Waals surface area contributed by atoms with Crippen molar-refractivity contribution >= 4 is 11.6 Å². The molecule has 2 rings (SSSR count). The van der Waals surface area contributed by atoms with Gasteiger partial charge in [-0.1, -0.05) is 0 Å². The summed E-state index contributed by atoms with van der Waals surface area (Å²) in [7, 11) is 1.64. The molecule has 116 valence electrons. The third kappa shape index (κ3) is 3.71. The number of rotatable bonds is 7. The van der Waals surface area contributed by atoms with E-state index in [-0.39, 0.29) is 11.9 Å². The predicted octanol–water partition coefficient (Wildman–Crippen LogP) is 1.56. The summed E-state index contributed by atoms with van der Waals surface area (Å²) < 4.78 is 5.13. The van der Waals surface area contributed by atoms with Gasteiger partial charge in [0, 0.05) is 31.6 Å². The zero-order valence-corrected chi connectivity index (χ0v) is 12.9. The first kappa shape index (κ1) is 15.7. The molecular weight excluding hydrogens is 268 g/mol. The zero-order chi connectivity index (χ0) is 15.4. The first-order valence-electron chi connectivity index (χ1n) is 7.31. The summed E-state index contributed by atoms with van der Waals surface area (Å²) in [6.07, 6.45) is 3.96. The minimum absolute atomic E-state index is 0.0492. The Labute approximate surface area is 125 Å². The smallest absolute Gasteiger partial charge is 0.257 e. The van der Waals surface area contributed by atoms with Crippen molar-refractivity contribution in [2.24, 2.45) is 11.8 Å². The lowest BCUT2D eigenvalue weighted by atomic mass is 10.1. The van der Waals surface area contributed by atoms with Crippen molar-refractivity contribution in [2.75, 3.05) is 25.7 Å². The average molecular weight is 292 g/mol. The summed E-state index contributed by atoms with van der Waals surface area (Å²) in [5.41, 5.74) is 4.53. The number of anilines is 1. The topological polar surface area (TPSA) is 80.5 Å². The molecule has 1 atom stereocenters. The molecule has 1 heterocycles. The molecule has 0 bridgehead atoms. The van der Waals surface area contributed by atoms with Crippen LogP contribution in [0.25, 0.3) is 0 Å². The van der Waals surface area contributed by atoms with E-state index in [1.807, 2.05) is 11.8 Å². The van der Waals surface area contributed by atoms with E-state index < -0.39 is 0 Å². The number of hydrazine groups is 1. The van der Waals surface area contributed by atoms with Crippen molar-refractivity contribution in [1.82, 2.24) is 9.88 Å². The molecule has 1 aliphatic carbocycles. The molecule has 6 heteroatoms. The third-order valence-electron chi connectivity index (χ3n) is 4.02. The van der Waals surface area contributed by atoms with Crippen molar-refractivity contribution in [1.29, 1.82) is 0 Å². The molecule has 1 saturated carbocycles. The SMILES string of the molecule is COCCN(C(=O)c1cnc(C)cc1NN)C(C)C1CC1. The van der Waals surface area contributed by atoms with Gasteiger partial charge in [-0.15, -0.1) is 0 Å². The standard InChI is InChI=1S/C15H24N4O2/c1-10-8-14(18-16)13(9-17-10)15(20)19(6-7-21-3)11(2)12-4-5-12/h8-9,11-12H,4-7,16H2,1-3H3,(H,17,18). The molecule has 0 radical (unpaired) electrons. The second-order valence-electron chi connectivity index (χ2n) is 5.58. The van der Waals surface area contributed by atoms with Crippen molar-refractivity contribution in [2.45, 2.75) is 32.7 Å². The van der Waals surface area contributed by atoms with Crippen molar-refractivity contribution < 1.29 is 9.53 Å². The van der Waals surface area contributed by atoms with E-state index in [1.54, 1.807) is 19.4 Å². The Bertz CT molecular complexity index is 502. The highest BCUT2D eigenvalue weighted by molar-refractivity contribution is 5.99. The molecule has 1 fully saturated rings. The lowest BCUT2D eigenvalue weighted by molar-refractivity contribution is 0.0595. The Morgan fingerprint density at radius 2 is 2.33 bits per heavy atom. The van der Waals surface area contributed by atoms with Crippen LogP contribution in [0.15, 0.2) is 12.3 Å². The number of nitrogens with two attached hydrogens (primary N) is 1. The van der Waals surface area contributed by atoms with Crippen molar-refractivity contribution in [3.63, 3.8) is 0 Å². The number of nitrogen functional groups attached to an aromatic ring is 1. The van der Waals surface area contributed by atoms with E-state index in [2.05, 4.69) is 17.3 Å². The molecule has 0 aliphatic heterocycles. The molecule has 6 nitrogen and oxygen atoms in total. The number of carbonyl (C=O) groups excluding carboxylic acids is 1. The van der Waals surface area contributed by atoms with Crippen LogP contribution in [0.3, 0.4) is 0 Å². The maximum Gasteiger partial charge on any atom is 0.257 e. The third-order valence-corrected chi connectivity index (χ3v) is 4.02. The summed E-state index contributed by atoms with van der Waals surface area (Å²) in [6, 6.07) is 1.99. The number of nitrogens with zero attached hydrogens (tertiary/aromatic N) is 2. The minimum atomic E-state index is -0.0492. The number of methoxy groups -OCH3 is 1. The number of ether oxygens (including phenoxy) is 1. The largest absolute Gasteiger partial charge is 0.383 e. The molecule has 0 saturated heterocycles. The van der Waals surface area contributed by atoms with Gasteiger partial charge in [0.1, 0.15) is 0 Å². The highest BCUT2D eigenvalue weighted by Gasteiger charge is 2.35. The molecule has 1 amide bonds. The number of nitrogens with one attached hydrogen (secondary N) is 1. The van der Waals surface area contributed by atoms with Crippen LogP contribution in [0, 0.1) is 12.8 Å². The van der Waals surface area contributed by atoms with Gasteiger partial charge in [-0.25, -0.2) is 0 Å². The highest BCUT2D eigenvalue weighted by Crippen LogP contribution is 2.35. The van der Waals surface area contributed by atoms with Gasteiger partial charge in [0.15, 0.2) is 0 Å². The fourth-order valence-corrected chi connectivity index (χ4v) is 2.52. The fourth-order valence-electron chi connectivity index (χ4n) is 2.52. The Balaban J connectivity index is 2.24. The molecule has 21 heavy (non-hydrogen) atoms. The van der Waals surface area contributed by atoms with Gasteiger partial charge in [-0.05, 0) is 38.7 Å². The maximum absolute atomic E-state index is 12.9. The van der Waals surface area contributed by atoms with Crippen LogP contribution in [0.2, 0.25) is 0 Å². The van der Waals surface area contributed by atoms with E-state index in [0.29, 0.717) is 30.3 Å². The Morgan fingerprint density at radius 1 is 1.62 bits per heavy atom. The van der Waals surface area contributed by atoms with Gasteiger partial charge >= 0.3 is 0 Å². The first-order valence-corrected chi connectivity index (χ1v) is 7.31. The fraction of sp³-hybridized carbons (Fsp3) is 0.600. The van der Waals surface area contributed by atoms with E-state index in [4.69, 9.17) is 10.6 Å². The quantitative estimate of drug-likeness (QED) is 0.589. The summed E-state index contributed by atoms with van der Waals surface area (Å²) >= 11 is 0. The monoisotopic (exact) mass is 292 g/mol. The average Bonchev–Trinajstić information content (AvgIpc) is 3.31. The van der Waals surface area contributed by atoms with Crippen LogP contribution < -0.4 is 11.3 Å². The van der Waals surface area contributed by atoms with Crippen LogP contribution >= 0.6 is 0 Å². The minimum Gasteiger partial charge on any atom is -0.383 e. The maximum atomic E-state index is 12.9. The van der Waals surface area contributed by atoms with Crippen LogP contribution in [0.5, 0.6) is 0 Å². The van der Waals surface area contributed by atoms with Gasteiger partial charge in [-0.2, -0.15) is 0 Å². The lowest BCUT2D eigenvalue weighted by Gasteiger charge is -2.30. The Kier molecular flexibility index (Phi) is 5.14. The van der Waals surface area contributed by atoms with E-state index in [0.717, 1.165) is 5.69 Å². The number of hydrogen-bond acceptors (Lipinski definition) is 5. The molecule has 0 aromatic carbocycles. The molecule has 1 aliphatic rings. The van der Waals surface area contributed by atoms with Crippen LogP contribution in [0.1, 0.15) is 35.8 Å². The summed E-state index contributed by atoms with van der Waals surface area (Å²) in [4.78, 5) is 18.9. The Morgan fingerprint density at radius 3 is 2.90 bits per heavy atom. The molecular formula is C15H24N4O2. The number of carbonyl (C=O) groups is 1. The second-order valence-corrected chi connectivity index (χ2v) is 5.58. The lowest BCUT2D eigenvalue weighted by Crippen LogP contribution is -2.42. The highest BCUT2D eigenvalue weighted by atomic mass is 16.5. The Hall–Kier alpha value is -1.66. The van der Waals surface area contributed by atoms with Gasteiger partial charge in [0.2, 0.25) is 0 Å². The van der Waals surface area contributed by atoms with Crippen LogP contribution in [-0.4, -0.2) is 42.1 Å². The number of hydrogen-bond donors (Lipinski definition) is 2. The summed E-state index contributed by atoms with van der Waals surface area (Å²) in [6.45, 7) is 5.06. The normalized spacial score (nSPS) is 15.6. The molecule has 1 aromatic rings. The van der Waals surface area contributed by atoms with Gasteiger partial charge < -0.3 is 15.1 Å². The summed E-state index contributed by atoms with van der Waals surface area (Å²) in [5.74, 6) is 6.08. The number of aromatic nitrogens is 1. The second kappa shape index (κ2) is 6.87. The number of aryl methyl sites for hydroxylation is 1. The van der Waals surface area contributed by atoms with Gasteiger partial charge in [0.05, 0.1) is 17.9 Å². The van der Waals surface area contributed by atoms with Crippen LogP contribution in [0.4, 0.5) is 5.69 Å². The first-order chi connectivity index (χ1) is 10.1. The molecule has 1 aromatic heterocycles. The number of pyridine rings is 1. The molecule has 1 unspecified atom stereocenters. The summed E-state index contributed by atoms with van der Waals surface area (Å²) in [5, 5.41) is 0. The van der Waals surface area contributed by atoms with E-state index in [9.17, 15) is 4.79 Å². The molecule has 3 N–H and O–H groups in total. The van der Waals surface area contributed by atoms with Gasteiger partial charge in [-0.3, -0.25) is 15.6 Å². The van der Waals surface area contributed by atoms with E-state index >= 15 is 0 Å². The van der Waals surface area contributed by atoms with Crippen LogP contribution in [-0.2, 0) is 4.74 Å².